The summed E-state index contributed by atoms with van der Waals surface area (Å²) in [6.45, 7) is 7.71. The molecule has 3 saturated heterocycles. The molecule has 0 aromatic rings. The number of rotatable bonds is 0. The van der Waals surface area contributed by atoms with E-state index in [0.717, 1.165) is 0 Å². The van der Waals surface area contributed by atoms with Crippen LogP contribution in [0.3, 0.4) is 0 Å². The lowest BCUT2D eigenvalue weighted by Crippen LogP contribution is -2.63. The van der Waals surface area contributed by atoms with Crippen LogP contribution in [-0.2, 0) is 23.7 Å². The summed E-state index contributed by atoms with van der Waals surface area (Å²) in [5, 5.41) is 9.94. The van der Waals surface area contributed by atoms with Crippen LogP contribution in [0.5, 0.6) is 0 Å². The Morgan fingerprint density at radius 1 is 0.889 bits per heavy atom. The van der Waals surface area contributed by atoms with E-state index in [1.807, 2.05) is 27.7 Å². The highest BCUT2D eigenvalue weighted by atomic mass is 16.8. The summed E-state index contributed by atoms with van der Waals surface area (Å²) in [5.41, 5.74) is 0. The average molecular weight is 260 g/mol. The van der Waals surface area contributed by atoms with Gasteiger partial charge < -0.3 is 28.8 Å². The van der Waals surface area contributed by atoms with E-state index in [0.29, 0.717) is 6.61 Å². The lowest BCUT2D eigenvalue weighted by atomic mass is 9.98. The SMILES string of the molecule is CC1(C)OC2C(O1)[C@@H](O)OC1COC(C)(C)O[C@H]12. The zero-order valence-electron chi connectivity index (χ0n) is 11.1. The van der Waals surface area contributed by atoms with Gasteiger partial charge in [-0.2, -0.15) is 0 Å². The fraction of sp³-hybridized carbons (Fsp3) is 1.00. The summed E-state index contributed by atoms with van der Waals surface area (Å²) in [6, 6.07) is 0. The van der Waals surface area contributed by atoms with Gasteiger partial charge >= 0.3 is 0 Å². The van der Waals surface area contributed by atoms with E-state index in [4.69, 9.17) is 23.7 Å². The second kappa shape index (κ2) is 3.88. The molecule has 0 aliphatic carbocycles. The fourth-order valence-electron chi connectivity index (χ4n) is 2.76. The van der Waals surface area contributed by atoms with Crippen molar-refractivity contribution in [2.75, 3.05) is 6.61 Å². The highest BCUT2D eigenvalue weighted by Gasteiger charge is 2.58. The lowest BCUT2D eigenvalue weighted by molar-refractivity contribution is -0.365. The summed E-state index contributed by atoms with van der Waals surface area (Å²) in [5.74, 6) is -1.41. The predicted octanol–water partition coefficient (Wildman–Crippen LogP) is 0.375. The van der Waals surface area contributed by atoms with Crippen molar-refractivity contribution in [3.05, 3.63) is 0 Å². The molecule has 0 saturated carbocycles. The number of ether oxygens (including phenoxy) is 5. The average Bonchev–Trinajstić information content (AvgIpc) is 2.56. The molecular formula is C12H20O6. The molecule has 3 unspecified atom stereocenters. The zero-order valence-corrected chi connectivity index (χ0v) is 11.1. The van der Waals surface area contributed by atoms with Gasteiger partial charge in [0.25, 0.3) is 0 Å². The summed E-state index contributed by atoms with van der Waals surface area (Å²) in [7, 11) is 0. The molecule has 104 valence electrons. The summed E-state index contributed by atoms with van der Waals surface area (Å²) >= 11 is 0. The van der Waals surface area contributed by atoms with Crippen molar-refractivity contribution in [3.8, 4) is 0 Å². The third kappa shape index (κ3) is 2.07. The molecule has 3 heterocycles. The van der Waals surface area contributed by atoms with Crippen LogP contribution in [0.25, 0.3) is 0 Å². The van der Waals surface area contributed by atoms with Gasteiger partial charge in [-0.1, -0.05) is 0 Å². The van der Waals surface area contributed by atoms with E-state index in [1.165, 1.54) is 0 Å². The number of fused-ring (bicyclic) bond motifs is 3. The van der Waals surface area contributed by atoms with E-state index >= 15 is 0 Å². The molecule has 0 amide bonds. The first-order valence-corrected chi connectivity index (χ1v) is 6.28. The van der Waals surface area contributed by atoms with Crippen molar-refractivity contribution in [3.63, 3.8) is 0 Å². The maximum absolute atomic E-state index is 9.94. The summed E-state index contributed by atoms with van der Waals surface area (Å²) in [4.78, 5) is 0. The van der Waals surface area contributed by atoms with Crippen LogP contribution >= 0.6 is 0 Å². The van der Waals surface area contributed by atoms with Gasteiger partial charge in [0.15, 0.2) is 17.9 Å². The summed E-state index contributed by atoms with van der Waals surface area (Å²) in [6.07, 6.45) is -2.48. The van der Waals surface area contributed by atoms with Crippen LogP contribution in [0.2, 0.25) is 0 Å². The Kier molecular flexibility index (Phi) is 2.75. The second-order valence-electron chi connectivity index (χ2n) is 5.92. The van der Waals surface area contributed by atoms with Gasteiger partial charge in [0.1, 0.15) is 24.4 Å². The lowest BCUT2D eigenvalue weighted by Gasteiger charge is -2.47. The van der Waals surface area contributed by atoms with Crippen LogP contribution in [0.1, 0.15) is 27.7 Å². The van der Waals surface area contributed by atoms with Crippen molar-refractivity contribution >= 4 is 0 Å². The zero-order chi connectivity index (χ0) is 13.1. The first-order valence-electron chi connectivity index (χ1n) is 6.28. The van der Waals surface area contributed by atoms with E-state index in [-0.39, 0.29) is 18.3 Å². The van der Waals surface area contributed by atoms with Gasteiger partial charge in [-0.15, -0.1) is 0 Å². The Morgan fingerprint density at radius 3 is 2.22 bits per heavy atom. The van der Waals surface area contributed by atoms with Crippen molar-refractivity contribution in [1.29, 1.82) is 0 Å². The number of aliphatic hydroxyl groups excluding tert-OH is 1. The number of aliphatic hydroxyl groups is 1. The van der Waals surface area contributed by atoms with Crippen LogP contribution in [-0.4, -0.2) is 54.0 Å². The first kappa shape index (κ1) is 12.8. The number of hydrogen-bond donors (Lipinski definition) is 1. The van der Waals surface area contributed by atoms with Crippen molar-refractivity contribution in [2.24, 2.45) is 0 Å². The minimum atomic E-state index is -1.01. The van der Waals surface area contributed by atoms with Gasteiger partial charge in [-0.3, -0.25) is 0 Å². The molecule has 5 atom stereocenters. The second-order valence-corrected chi connectivity index (χ2v) is 5.92. The Labute approximate surface area is 106 Å². The Bertz CT molecular complexity index is 341. The molecule has 1 N–H and O–H groups in total. The molecule has 6 nitrogen and oxygen atoms in total. The highest BCUT2D eigenvalue weighted by Crippen LogP contribution is 2.41. The van der Waals surface area contributed by atoms with Crippen molar-refractivity contribution in [1.82, 2.24) is 0 Å². The first-order chi connectivity index (χ1) is 8.27. The quantitative estimate of drug-likeness (QED) is 0.679. The van der Waals surface area contributed by atoms with Gasteiger partial charge in [-0.25, -0.2) is 0 Å². The summed E-state index contributed by atoms with van der Waals surface area (Å²) < 4.78 is 28.4. The third-order valence-corrected chi connectivity index (χ3v) is 3.46. The van der Waals surface area contributed by atoms with Crippen LogP contribution < -0.4 is 0 Å². The number of hydrogen-bond acceptors (Lipinski definition) is 6. The Hall–Kier alpha value is -0.240. The Morgan fingerprint density at radius 2 is 1.50 bits per heavy atom. The maximum atomic E-state index is 9.94. The van der Waals surface area contributed by atoms with Crippen molar-refractivity contribution < 1.29 is 28.8 Å². The van der Waals surface area contributed by atoms with E-state index in [2.05, 4.69) is 0 Å². The molecule has 3 fully saturated rings. The maximum Gasteiger partial charge on any atom is 0.184 e. The smallest absolute Gasteiger partial charge is 0.184 e. The minimum Gasteiger partial charge on any atom is -0.366 e. The molecule has 3 aliphatic rings. The van der Waals surface area contributed by atoms with Crippen LogP contribution in [0, 0.1) is 0 Å². The molecule has 0 spiro atoms. The van der Waals surface area contributed by atoms with Crippen molar-refractivity contribution in [2.45, 2.75) is 70.0 Å². The topological polar surface area (TPSA) is 66.4 Å². The van der Waals surface area contributed by atoms with Crippen LogP contribution in [0.4, 0.5) is 0 Å². The molecule has 3 aliphatic heterocycles. The standard InChI is InChI=1S/C12H20O6/c1-11(2)14-5-6-7(16-11)8-9(10(13)15-6)18-12(3,4)17-8/h6-10,13H,5H2,1-4H3/t6?,7-,8?,9?,10+/m1/s1. The predicted molar refractivity (Wildman–Crippen MR) is 59.6 cm³/mol. The minimum absolute atomic E-state index is 0.288. The normalized spacial score (nSPS) is 49.5. The molecule has 0 aromatic heterocycles. The van der Waals surface area contributed by atoms with E-state index in [9.17, 15) is 5.11 Å². The fourth-order valence-corrected chi connectivity index (χ4v) is 2.76. The van der Waals surface area contributed by atoms with Gasteiger partial charge in [0.2, 0.25) is 0 Å². The highest BCUT2D eigenvalue weighted by molar-refractivity contribution is 4.98. The van der Waals surface area contributed by atoms with Gasteiger partial charge in [0, 0.05) is 0 Å². The third-order valence-electron chi connectivity index (χ3n) is 3.46. The molecule has 0 aromatic carbocycles. The molecule has 0 radical (unpaired) electrons. The molecule has 3 rings (SSSR count). The van der Waals surface area contributed by atoms with E-state index < -0.39 is 24.0 Å². The Balaban J connectivity index is 1.84. The van der Waals surface area contributed by atoms with Crippen LogP contribution in [0.15, 0.2) is 0 Å². The molecule has 18 heavy (non-hydrogen) atoms. The monoisotopic (exact) mass is 260 g/mol. The molecule has 0 bridgehead atoms. The van der Waals surface area contributed by atoms with E-state index in [1.54, 1.807) is 0 Å². The molecular weight excluding hydrogens is 240 g/mol. The van der Waals surface area contributed by atoms with Gasteiger partial charge in [0.05, 0.1) is 6.61 Å². The largest absolute Gasteiger partial charge is 0.366 e. The molecule has 6 heteroatoms. The van der Waals surface area contributed by atoms with Gasteiger partial charge in [-0.05, 0) is 27.7 Å².